The maximum atomic E-state index is 12.7. The van der Waals surface area contributed by atoms with Gasteiger partial charge < -0.3 is 14.9 Å². The zero-order valence-corrected chi connectivity index (χ0v) is 12.7. The molecule has 5 nitrogen and oxygen atoms in total. The number of β-amino-alcohol motifs (C(OH)–C–C–N with tert-alkyl or cyclic N) is 1. The van der Waals surface area contributed by atoms with E-state index in [9.17, 15) is 4.79 Å². The first-order valence-corrected chi connectivity index (χ1v) is 7.80. The molecule has 2 aliphatic heterocycles. The molecule has 3 heterocycles. The number of halogens is 1. The van der Waals surface area contributed by atoms with Crippen molar-refractivity contribution in [3.8, 4) is 0 Å². The second-order valence-corrected chi connectivity index (χ2v) is 6.29. The van der Waals surface area contributed by atoms with Gasteiger partial charge in [0, 0.05) is 32.4 Å². The summed E-state index contributed by atoms with van der Waals surface area (Å²) in [6, 6.07) is 3.64. The van der Waals surface area contributed by atoms with E-state index in [-0.39, 0.29) is 17.9 Å². The molecule has 1 aromatic heterocycles. The average molecular weight is 310 g/mol. The van der Waals surface area contributed by atoms with E-state index in [0.29, 0.717) is 18.1 Å². The molecule has 1 atom stereocenters. The largest absolute Gasteiger partial charge is 0.395 e. The van der Waals surface area contributed by atoms with Gasteiger partial charge in [0.15, 0.2) is 0 Å². The molecule has 0 radical (unpaired) electrons. The van der Waals surface area contributed by atoms with E-state index < -0.39 is 0 Å². The molecule has 1 spiro atoms. The molecular formula is C15H20ClN3O2. The van der Waals surface area contributed by atoms with Crippen molar-refractivity contribution in [2.45, 2.75) is 19.3 Å². The summed E-state index contributed by atoms with van der Waals surface area (Å²) in [6.07, 6.45) is 4.47. The maximum Gasteiger partial charge on any atom is 0.230 e. The van der Waals surface area contributed by atoms with Gasteiger partial charge in [0.25, 0.3) is 0 Å². The number of aromatic nitrogens is 1. The predicted octanol–water partition coefficient (Wildman–Crippen LogP) is 1.55. The van der Waals surface area contributed by atoms with Crippen molar-refractivity contribution in [2.75, 3.05) is 37.7 Å². The first-order valence-electron chi connectivity index (χ1n) is 7.42. The predicted molar refractivity (Wildman–Crippen MR) is 81.4 cm³/mol. The third-order valence-electron chi connectivity index (χ3n) is 4.59. The number of carbonyl (C=O) groups is 1. The molecule has 0 aliphatic carbocycles. The number of hydrogen-bond acceptors (Lipinski definition) is 4. The third kappa shape index (κ3) is 2.60. The highest BCUT2D eigenvalue weighted by Gasteiger charge is 2.48. The lowest BCUT2D eigenvalue weighted by molar-refractivity contribution is -0.145. The number of piperidine rings is 1. The van der Waals surface area contributed by atoms with Crippen LogP contribution in [0, 0.1) is 5.41 Å². The number of aliphatic hydroxyl groups excluding tert-OH is 1. The van der Waals surface area contributed by atoms with Gasteiger partial charge in [-0.1, -0.05) is 11.6 Å². The molecular weight excluding hydrogens is 290 g/mol. The zero-order valence-electron chi connectivity index (χ0n) is 12.0. The lowest BCUT2D eigenvalue weighted by atomic mass is 9.78. The number of likely N-dealkylation sites (tertiary alicyclic amines) is 1. The minimum absolute atomic E-state index is 0.0254. The Balaban J connectivity index is 1.79. The van der Waals surface area contributed by atoms with E-state index in [4.69, 9.17) is 16.7 Å². The van der Waals surface area contributed by atoms with Gasteiger partial charge in [-0.15, -0.1) is 0 Å². The molecule has 1 amide bonds. The van der Waals surface area contributed by atoms with Gasteiger partial charge in [-0.05, 0) is 31.4 Å². The fraction of sp³-hybridized carbons (Fsp3) is 0.600. The summed E-state index contributed by atoms with van der Waals surface area (Å²) < 4.78 is 0. The number of nitrogens with zero attached hydrogens (tertiary/aromatic N) is 3. The van der Waals surface area contributed by atoms with Gasteiger partial charge in [0.2, 0.25) is 5.91 Å². The minimum Gasteiger partial charge on any atom is -0.395 e. The molecule has 6 heteroatoms. The summed E-state index contributed by atoms with van der Waals surface area (Å²) >= 11 is 6.21. The number of carbonyl (C=O) groups excluding carboxylic acids is 1. The SMILES string of the molecule is O=C1N(CCO)CCC[C@]12CCN(c1ncccc1Cl)C2. The molecule has 1 N–H and O–H groups in total. The van der Waals surface area contributed by atoms with Crippen LogP contribution in [0.4, 0.5) is 5.82 Å². The molecule has 2 saturated heterocycles. The Morgan fingerprint density at radius 1 is 1.38 bits per heavy atom. The Kier molecular flexibility index (Phi) is 4.04. The van der Waals surface area contributed by atoms with Gasteiger partial charge >= 0.3 is 0 Å². The van der Waals surface area contributed by atoms with Gasteiger partial charge in [0.1, 0.15) is 5.82 Å². The Hall–Kier alpha value is -1.33. The van der Waals surface area contributed by atoms with E-state index in [1.54, 1.807) is 11.1 Å². The highest BCUT2D eigenvalue weighted by Crippen LogP contribution is 2.42. The van der Waals surface area contributed by atoms with E-state index in [0.717, 1.165) is 38.2 Å². The Morgan fingerprint density at radius 2 is 2.24 bits per heavy atom. The quantitative estimate of drug-likeness (QED) is 0.920. The fourth-order valence-electron chi connectivity index (χ4n) is 3.53. The molecule has 0 unspecified atom stereocenters. The van der Waals surface area contributed by atoms with Crippen LogP contribution in [-0.2, 0) is 4.79 Å². The van der Waals surface area contributed by atoms with Crippen LogP contribution in [0.2, 0.25) is 5.02 Å². The molecule has 3 rings (SSSR count). The van der Waals surface area contributed by atoms with Crippen LogP contribution in [0.25, 0.3) is 0 Å². The maximum absolute atomic E-state index is 12.7. The number of amides is 1. The van der Waals surface area contributed by atoms with Crippen LogP contribution in [0.15, 0.2) is 18.3 Å². The van der Waals surface area contributed by atoms with Crippen LogP contribution in [0.5, 0.6) is 0 Å². The summed E-state index contributed by atoms with van der Waals surface area (Å²) in [5.74, 6) is 0.945. The molecule has 1 aromatic rings. The number of anilines is 1. The lowest BCUT2D eigenvalue weighted by Gasteiger charge is -2.39. The number of rotatable bonds is 3. The smallest absolute Gasteiger partial charge is 0.230 e. The molecule has 21 heavy (non-hydrogen) atoms. The molecule has 0 aromatic carbocycles. The molecule has 2 aliphatic rings. The topological polar surface area (TPSA) is 56.7 Å². The third-order valence-corrected chi connectivity index (χ3v) is 4.88. The van der Waals surface area contributed by atoms with E-state index in [1.807, 2.05) is 12.1 Å². The van der Waals surface area contributed by atoms with Crippen molar-refractivity contribution in [3.63, 3.8) is 0 Å². The fourth-order valence-corrected chi connectivity index (χ4v) is 3.77. The van der Waals surface area contributed by atoms with E-state index in [2.05, 4.69) is 9.88 Å². The molecule has 114 valence electrons. The van der Waals surface area contributed by atoms with Crippen LogP contribution in [-0.4, -0.2) is 53.7 Å². The number of pyridine rings is 1. The lowest BCUT2D eigenvalue weighted by Crippen LogP contribution is -2.50. The standard InChI is InChI=1S/C15H20ClN3O2/c16-12-3-1-6-17-13(12)19-8-5-15(11-19)4-2-7-18(9-10-20)14(15)21/h1,3,6,20H,2,4-5,7-11H2/t15-/m1/s1. The van der Waals surface area contributed by atoms with E-state index >= 15 is 0 Å². The van der Waals surface area contributed by atoms with Gasteiger partial charge in [-0.25, -0.2) is 4.98 Å². The summed E-state index contributed by atoms with van der Waals surface area (Å²) in [5, 5.41) is 9.73. The molecule has 0 bridgehead atoms. The monoisotopic (exact) mass is 309 g/mol. The van der Waals surface area contributed by atoms with Crippen LogP contribution < -0.4 is 4.90 Å². The first-order chi connectivity index (χ1) is 10.2. The van der Waals surface area contributed by atoms with Crippen molar-refractivity contribution < 1.29 is 9.90 Å². The van der Waals surface area contributed by atoms with Crippen molar-refractivity contribution in [3.05, 3.63) is 23.4 Å². The van der Waals surface area contributed by atoms with Gasteiger partial charge in [-0.2, -0.15) is 0 Å². The van der Waals surface area contributed by atoms with Crippen molar-refractivity contribution in [2.24, 2.45) is 5.41 Å². The summed E-state index contributed by atoms with van der Waals surface area (Å²) in [6.45, 7) is 2.69. The van der Waals surface area contributed by atoms with Gasteiger partial charge in [-0.3, -0.25) is 4.79 Å². The number of hydrogen-bond donors (Lipinski definition) is 1. The molecule has 2 fully saturated rings. The average Bonchev–Trinajstić information content (AvgIpc) is 2.90. The van der Waals surface area contributed by atoms with E-state index in [1.165, 1.54) is 0 Å². The van der Waals surface area contributed by atoms with Crippen molar-refractivity contribution in [1.29, 1.82) is 0 Å². The summed E-state index contributed by atoms with van der Waals surface area (Å²) in [5.41, 5.74) is -0.325. The van der Waals surface area contributed by atoms with Crippen LogP contribution in [0.1, 0.15) is 19.3 Å². The van der Waals surface area contributed by atoms with Crippen molar-refractivity contribution in [1.82, 2.24) is 9.88 Å². The highest BCUT2D eigenvalue weighted by atomic mass is 35.5. The zero-order chi connectivity index (χ0) is 14.9. The first kappa shape index (κ1) is 14.6. The molecule has 0 saturated carbocycles. The minimum atomic E-state index is -0.325. The summed E-state index contributed by atoms with van der Waals surface area (Å²) in [4.78, 5) is 21.0. The number of aliphatic hydroxyl groups is 1. The second kappa shape index (κ2) is 5.81. The van der Waals surface area contributed by atoms with Crippen LogP contribution >= 0.6 is 11.6 Å². The van der Waals surface area contributed by atoms with Gasteiger partial charge in [0.05, 0.1) is 17.0 Å². The Bertz CT molecular complexity index is 537. The normalized spacial score (nSPS) is 25.9. The second-order valence-electron chi connectivity index (χ2n) is 5.88. The summed E-state index contributed by atoms with van der Waals surface area (Å²) in [7, 11) is 0. The Labute approximate surface area is 129 Å². The Morgan fingerprint density at radius 3 is 3.00 bits per heavy atom. The van der Waals surface area contributed by atoms with Crippen LogP contribution in [0.3, 0.4) is 0 Å². The van der Waals surface area contributed by atoms with Crippen molar-refractivity contribution >= 4 is 23.3 Å². The highest BCUT2D eigenvalue weighted by molar-refractivity contribution is 6.32.